The van der Waals surface area contributed by atoms with Gasteiger partial charge in [0.25, 0.3) is 0 Å². The predicted octanol–water partition coefficient (Wildman–Crippen LogP) is 1.69. The monoisotopic (exact) mass is 255 g/mol. The quantitative estimate of drug-likeness (QED) is 0.767. The van der Waals surface area contributed by atoms with E-state index in [2.05, 4.69) is 13.8 Å². The molecule has 18 heavy (non-hydrogen) atoms. The van der Waals surface area contributed by atoms with E-state index in [9.17, 15) is 4.79 Å². The number of piperidine rings is 1. The number of likely N-dealkylation sites (tertiary alicyclic amines) is 1. The number of carbonyl (C=O) groups excluding carboxylic acids is 1. The maximum absolute atomic E-state index is 12.0. The van der Waals surface area contributed by atoms with Crippen LogP contribution >= 0.6 is 0 Å². The molecule has 0 aromatic carbocycles. The van der Waals surface area contributed by atoms with Crippen LogP contribution < -0.4 is 0 Å². The Morgan fingerprint density at radius 3 is 2.67 bits per heavy atom. The molecule has 0 radical (unpaired) electrons. The molecule has 0 N–H and O–H groups in total. The van der Waals surface area contributed by atoms with Crippen molar-refractivity contribution in [2.45, 2.75) is 39.2 Å². The van der Waals surface area contributed by atoms with Crippen LogP contribution in [0.15, 0.2) is 0 Å². The Labute approximate surface area is 110 Å². The number of hydrogen-bond acceptors (Lipinski definition) is 3. The summed E-state index contributed by atoms with van der Waals surface area (Å²) >= 11 is 0. The topological polar surface area (TPSA) is 38.8 Å². The molecule has 104 valence electrons. The lowest BCUT2D eigenvalue weighted by molar-refractivity contribution is -0.139. The zero-order valence-corrected chi connectivity index (χ0v) is 11.6. The van der Waals surface area contributed by atoms with Crippen LogP contribution in [0.1, 0.15) is 33.1 Å². The third-order valence-corrected chi connectivity index (χ3v) is 3.77. The summed E-state index contributed by atoms with van der Waals surface area (Å²) in [5, 5.41) is 0. The lowest BCUT2D eigenvalue weighted by atomic mass is 9.92. The number of hydrogen-bond donors (Lipinski definition) is 0. The van der Waals surface area contributed by atoms with E-state index in [-0.39, 0.29) is 18.6 Å². The van der Waals surface area contributed by atoms with Crippen LogP contribution in [-0.2, 0) is 14.3 Å². The fraction of sp³-hybridized carbons (Fsp3) is 0.929. The zero-order chi connectivity index (χ0) is 13.0. The number of amides is 1. The van der Waals surface area contributed by atoms with Crippen molar-refractivity contribution in [1.29, 1.82) is 0 Å². The molecule has 0 saturated carbocycles. The Morgan fingerprint density at radius 2 is 2.06 bits per heavy atom. The Balaban J connectivity index is 1.67. The molecule has 0 bridgehead atoms. The summed E-state index contributed by atoms with van der Waals surface area (Å²) in [5.41, 5.74) is 0. The van der Waals surface area contributed by atoms with Crippen molar-refractivity contribution >= 4 is 5.91 Å². The van der Waals surface area contributed by atoms with Gasteiger partial charge in [-0.3, -0.25) is 4.79 Å². The average Bonchev–Trinajstić information content (AvgIpc) is 2.80. The molecule has 3 atom stereocenters. The molecule has 4 heteroatoms. The van der Waals surface area contributed by atoms with Gasteiger partial charge in [-0.25, -0.2) is 0 Å². The summed E-state index contributed by atoms with van der Waals surface area (Å²) in [7, 11) is 0. The number of ether oxygens (including phenoxy) is 2. The summed E-state index contributed by atoms with van der Waals surface area (Å²) < 4.78 is 11.0. The molecule has 2 saturated heterocycles. The number of rotatable bonds is 4. The van der Waals surface area contributed by atoms with Crippen molar-refractivity contribution in [3.63, 3.8) is 0 Å². The molecule has 4 nitrogen and oxygen atoms in total. The first-order chi connectivity index (χ1) is 8.65. The van der Waals surface area contributed by atoms with E-state index in [0.717, 1.165) is 32.5 Å². The molecular formula is C14H25NO3. The molecular weight excluding hydrogens is 230 g/mol. The molecule has 2 aliphatic rings. The van der Waals surface area contributed by atoms with Crippen molar-refractivity contribution in [3.05, 3.63) is 0 Å². The van der Waals surface area contributed by atoms with Crippen LogP contribution in [-0.4, -0.2) is 49.8 Å². The van der Waals surface area contributed by atoms with E-state index in [4.69, 9.17) is 9.47 Å². The van der Waals surface area contributed by atoms with E-state index in [1.165, 1.54) is 6.42 Å². The second-order valence-electron chi connectivity index (χ2n) is 5.89. The molecule has 2 heterocycles. The third-order valence-electron chi connectivity index (χ3n) is 3.77. The Kier molecular flexibility index (Phi) is 5.01. The lowest BCUT2D eigenvalue weighted by Gasteiger charge is -2.35. The average molecular weight is 255 g/mol. The summed E-state index contributed by atoms with van der Waals surface area (Å²) in [4.78, 5) is 14.0. The predicted molar refractivity (Wildman–Crippen MR) is 69.3 cm³/mol. The van der Waals surface area contributed by atoms with Crippen LogP contribution in [0, 0.1) is 11.8 Å². The van der Waals surface area contributed by atoms with Crippen molar-refractivity contribution in [3.8, 4) is 0 Å². The van der Waals surface area contributed by atoms with Crippen LogP contribution in [0.3, 0.4) is 0 Å². The fourth-order valence-corrected chi connectivity index (χ4v) is 3.01. The highest BCUT2D eigenvalue weighted by Gasteiger charge is 2.25. The molecule has 2 rings (SSSR count). The van der Waals surface area contributed by atoms with Gasteiger partial charge in [0.1, 0.15) is 6.61 Å². The smallest absolute Gasteiger partial charge is 0.248 e. The van der Waals surface area contributed by atoms with Crippen molar-refractivity contribution in [2.24, 2.45) is 11.8 Å². The summed E-state index contributed by atoms with van der Waals surface area (Å²) in [6, 6.07) is 0. The highest BCUT2D eigenvalue weighted by Crippen LogP contribution is 2.21. The molecule has 0 spiro atoms. The largest absolute Gasteiger partial charge is 0.376 e. The summed E-state index contributed by atoms with van der Waals surface area (Å²) in [5.74, 6) is 1.35. The van der Waals surface area contributed by atoms with Gasteiger partial charge in [0.05, 0.1) is 12.7 Å². The molecule has 2 fully saturated rings. The SMILES string of the molecule is CC1CC(C)CN(C(=O)COCC2CCCO2)C1. The molecule has 0 aromatic heterocycles. The van der Waals surface area contributed by atoms with Crippen molar-refractivity contribution < 1.29 is 14.3 Å². The van der Waals surface area contributed by atoms with Gasteiger partial charge < -0.3 is 14.4 Å². The Hall–Kier alpha value is -0.610. The molecule has 2 aliphatic heterocycles. The second kappa shape index (κ2) is 6.53. The fourth-order valence-electron chi connectivity index (χ4n) is 3.01. The van der Waals surface area contributed by atoms with Crippen LogP contribution in [0.5, 0.6) is 0 Å². The van der Waals surface area contributed by atoms with E-state index in [0.29, 0.717) is 18.4 Å². The number of carbonyl (C=O) groups is 1. The molecule has 1 amide bonds. The maximum atomic E-state index is 12.0. The molecule has 3 unspecified atom stereocenters. The first-order valence-corrected chi connectivity index (χ1v) is 7.12. The highest BCUT2D eigenvalue weighted by molar-refractivity contribution is 5.77. The highest BCUT2D eigenvalue weighted by atomic mass is 16.5. The minimum atomic E-state index is 0.131. The first-order valence-electron chi connectivity index (χ1n) is 7.12. The van der Waals surface area contributed by atoms with Gasteiger partial charge in [0, 0.05) is 19.7 Å². The summed E-state index contributed by atoms with van der Waals surface area (Å²) in [6.45, 7) is 7.79. The van der Waals surface area contributed by atoms with Crippen LogP contribution in [0.4, 0.5) is 0 Å². The van der Waals surface area contributed by atoms with Crippen molar-refractivity contribution in [1.82, 2.24) is 4.90 Å². The zero-order valence-electron chi connectivity index (χ0n) is 11.6. The normalized spacial score (nSPS) is 32.8. The Morgan fingerprint density at radius 1 is 1.33 bits per heavy atom. The number of nitrogens with zero attached hydrogens (tertiary/aromatic N) is 1. The van der Waals surface area contributed by atoms with Gasteiger partial charge in [0.15, 0.2) is 0 Å². The minimum absolute atomic E-state index is 0.131. The third kappa shape index (κ3) is 3.95. The molecule has 0 aliphatic carbocycles. The van der Waals surface area contributed by atoms with Crippen molar-refractivity contribution in [2.75, 3.05) is 32.9 Å². The maximum Gasteiger partial charge on any atom is 0.248 e. The Bertz CT molecular complexity index is 266. The second-order valence-corrected chi connectivity index (χ2v) is 5.89. The first kappa shape index (κ1) is 13.8. The van der Waals surface area contributed by atoms with E-state index < -0.39 is 0 Å². The van der Waals surface area contributed by atoms with Gasteiger partial charge >= 0.3 is 0 Å². The molecule has 0 aromatic rings. The minimum Gasteiger partial charge on any atom is -0.376 e. The van der Waals surface area contributed by atoms with Gasteiger partial charge in [-0.1, -0.05) is 13.8 Å². The van der Waals surface area contributed by atoms with Gasteiger partial charge in [-0.2, -0.15) is 0 Å². The van der Waals surface area contributed by atoms with E-state index >= 15 is 0 Å². The van der Waals surface area contributed by atoms with Crippen LogP contribution in [0.2, 0.25) is 0 Å². The van der Waals surface area contributed by atoms with Gasteiger partial charge in [0.2, 0.25) is 5.91 Å². The standard InChI is InChI=1S/C14H25NO3/c1-11-6-12(2)8-15(7-11)14(16)10-17-9-13-4-3-5-18-13/h11-13H,3-10H2,1-2H3. The van der Waals surface area contributed by atoms with Crippen LogP contribution in [0.25, 0.3) is 0 Å². The van der Waals surface area contributed by atoms with Gasteiger partial charge in [-0.15, -0.1) is 0 Å². The van der Waals surface area contributed by atoms with E-state index in [1.807, 2.05) is 4.90 Å². The van der Waals surface area contributed by atoms with E-state index in [1.54, 1.807) is 0 Å². The van der Waals surface area contributed by atoms with Gasteiger partial charge in [-0.05, 0) is 31.1 Å². The summed E-state index contributed by atoms with van der Waals surface area (Å²) in [6.07, 6.45) is 3.60. The lowest BCUT2D eigenvalue weighted by Crippen LogP contribution is -2.44.